The molecule has 0 aliphatic heterocycles. The molecule has 24 heavy (non-hydrogen) atoms. The molecule has 0 radical (unpaired) electrons. The van der Waals surface area contributed by atoms with Crippen LogP contribution in [-0.2, 0) is 0 Å². The molecule has 0 spiro atoms. The molecule has 0 unspecified atom stereocenters. The van der Waals surface area contributed by atoms with Crippen molar-refractivity contribution in [3.63, 3.8) is 0 Å². The summed E-state index contributed by atoms with van der Waals surface area (Å²) in [5.74, 6) is 0. The molecule has 2 aliphatic rings. The van der Waals surface area contributed by atoms with Crippen LogP contribution >= 0.6 is 0 Å². The van der Waals surface area contributed by atoms with E-state index in [0.29, 0.717) is 0 Å². The van der Waals surface area contributed by atoms with E-state index in [2.05, 4.69) is 67.6 Å². The highest BCUT2D eigenvalue weighted by Crippen LogP contribution is 2.32. The predicted molar refractivity (Wildman–Crippen MR) is 101 cm³/mol. The molecule has 0 bridgehead atoms. The van der Waals surface area contributed by atoms with Gasteiger partial charge in [-0.1, -0.05) is 54.6 Å². The molecule has 1 nitrogen and oxygen atoms in total. The monoisotopic (exact) mass is 314 g/mol. The van der Waals surface area contributed by atoms with Gasteiger partial charge in [-0.15, -0.1) is 0 Å². The summed E-state index contributed by atoms with van der Waals surface area (Å²) in [5, 5.41) is 14.5. The van der Waals surface area contributed by atoms with Gasteiger partial charge < -0.3 is 5.11 Å². The lowest BCUT2D eigenvalue weighted by Gasteiger charge is -2.12. The minimum atomic E-state index is 0.252. The molecule has 1 N–H and O–H groups in total. The Kier molecular flexibility index (Phi) is 3.95. The quantitative estimate of drug-likeness (QED) is 0.782. The number of hydrogen-bond acceptors (Lipinski definition) is 1. The number of benzene rings is 2. The lowest BCUT2D eigenvalue weighted by Crippen LogP contribution is -2.11. The second-order valence-corrected chi connectivity index (χ2v) is 6.45. The highest BCUT2D eigenvalue weighted by Gasteiger charge is 2.17. The van der Waals surface area contributed by atoms with Gasteiger partial charge in [-0.05, 0) is 75.4 Å². The second kappa shape index (κ2) is 6.26. The van der Waals surface area contributed by atoms with E-state index in [9.17, 15) is 5.11 Å². The molecule has 0 fully saturated rings. The van der Waals surface area contributed by atoms with Gasteiger partial charge in [-0.25, -0.2) is 0 Å². The molecular weight excluding hydrogens is 292 g/mol. The van der Waals surface area contributed by atoms with Crippen molar-refractivity contribution in [2.45, 2.75) is 26.2 Å². The molecule has 0 atom stereocenters. The van der Waals surface area contributed by atoms with E-state index < -0.39 is 0 Å². The van der Waals surface area contributed by atoms with Crippen LogP contribution in [-0.4, -0.2) is 11.7 Å². The third kappa shape index (κ3) is 2.37. The zero-order valence-electron chi connectivity index (χ0n) is 14.0. The summed E-state index contributed by atoms with van der Waals surface area (Å²) in [5.41, 5.74) is 5.54. The van der Waals surface area contributed by atoms with Crippen LogP contribution < -0.4 is 10.4 Å². The van der Waals surface area contributed by atoms with Gasteiger partial charge in [0, 0.05) is 6.61 Å². The van der Waals surface area contributed by atoms with E-state index in [1.807, 2.05) is 0 Å². The average Bonchev–Trinajstić information content (AvgIpc) is 3.23. The Bertz CT molecular complexity index is 1070. The highest BCUT2D eigenvalue weighted by atomic mass is 16.2. The number of aliphatic hydroxyl groups excluding tert-OH is 1. The first kappa shape index (κ1) is 15.2. The molecule has 0 amide bonds. The second-order valence-electron chi connectivity index (χ2n) is 6.45. The van der Waals surface area contributed by atoms with E-state index in [-0.39, 0.29) is 6.61 Å². The van der Waals surface area contributed by atoms with Crippen molar-refractivity contribution in [2.24, 2.45) is 0 Å². The maximum Gasteiger partial charge on any atom is 0.0434 e. The smallest absolute Gasteiger partial charge is 0.0434 e. The minimum absolute atomic E-state index is 0.252. The summed E-state index contributed by atoms with van der Waals surface area (Å²) < 4.78 is 0. The number of hydrogen-bond donors (Lipinski definition) is 1. The SMILES string of the molecule is CC=c1ccc2c(c1C1=C(CCCO)C=CC1)C=c1ccccc1=2. The van der Waals surface area contributed by atoms with Crippen molar-refractivity contribution in [3.05, 3.63) is 86.1 Å². The maximum absolute atomic E-state index is 9.20. The standard InChI is InChI=1S/C23H22O/c1-2-16-12-13-21-19-10-4-3-7-18(19)15-22(21)23(16)20-11-5-8-17(20)9-6-14-24/h2-5,7-8,10,12-13,15,24H,6,9,11,14H2,1H3. The van der Waals surface area contributed by atoms with Crippen LogP contribution in [0, 0.1) is 10.4 Å². The Morgan fingerprint density at radius 2 is 1.96 bits per heavy atom. The van der Waals surface area contributed by atoms with Crippen LogP contribution in [0.2, 0.25) is 0 Å². The first-order valence-corrected chi connectivity index (χ1v) is 8.74. The van der Waals surface area contributed by atoms with Gasteiger partial charge in [0.15, 0.2) is 0 Å². The van der Waals surface area contributed by atoms with E-state index in [0.717, 1.165) is 19.3 Å². The van der Waals surface area contributed by atoms with Gasteiger partial charge in [0.2, 0.25) is 0 Å². The van der Waals surface area contributed by atoms with E-state index in [1.54, 1.807) is 0 Å². The summed E-state index contributed by atoms with van der Waals surface area (Å²) in [7, 11) is 0. The van der Waals surface area contributed by atoms with Crippen LogP contribution in [0.25, 0.3) is 17.7 Å². The van der Waals surface area contributed by atoms with Crippen LogP contribution in [0.5, 0.6) is 0 Å². The number of rotatable bonds is 4. The molecular formula is C23H22O. The molecule has 1 heteroatoms. The normalized spacial score (nSPS) is 15.7. The maximum atomic E-state index is 9.20. The highest BCUT2D eigenvalue weighted by molar-refractivity contribution is 5.82. The fourth-order valence-electron chi connectivity index (χ4n) is 3.94. The van der Waals surface area contributed by atoms with Crippen molar-refractivity contribution in [1.29, 1.82) is 0 Å². The molecule has 120 valence electrons. The van der Waals surface area contributed by atoms with E-state index in [1.165, 1.54) is 43.1 Å². The fraction of sp³-hybridized carbons (Fsp3) is 0.217. The van der Waals surface area contributed by atoms with Gasteiger partial charge in [0.1, 0.15) is 0 Å². The first-order valence-electron chi connectivity index (χ1n) is 8.74. The molecule has 0 saturated carbocycles. The number of fused-ring (bicyclic) bond motifs is 2. The Morgan fingerprint density at radius 3 is 2.79 bits per heavy atom. The fourth-order valence-corrected chi connectivity index (χ4v) is 3.94. The number of aliphatic hydroxyl groups is 1. The summed E-state index contributed by atoms with van der Waals surface area (Å²) in [6, 6.07) is 13.1. The first-order chi connectivity index (χ1) is 11.8. The Morgan fingerprint density at radius 1 is 1.08 bits per heavy atom. The van der Waals surface area contributed by atoms with Gasteiger partial charge in [0.05, 0.1) is 0 Å². The van der Waals surface area contributed by atoms with Crippen molar-refractivity contribution in [3.8, 4) is 0 Å². The molecule has 4 rings (SSSR count). The zero-order chi connectivity index (χ0) is 16.5. The van der Waals surface area contributed by atoms with Gasteiger partial charge in [0.25, 0.3) is 0 Å². The molecule has 2 aliphatic carbocycles. The Labute approximate surface area is 142 Å². The van der Waals surface area contributed by atoms with Crippen molar-refractivity contribution in [2.75, 3.05) is 6.61 Å². The van der Waals surface area contributed by atoms with Gasteiger partial charge >= 0.3 is 0 Å². The predicted octanol–water partition coefficient (Wildman–Crippen LogP) is 3.40. The van der Waals surface area contributed by atoms with Crippen LogP contribution in [0.15, 0.2) is 54.1 Å². The third-order valence-corrected chi connectivity index (χ3v) is 5.07. The van der Waals surface area contributed by atoms with E-state index >= 15 is 0 Å². The van der Waals surface area contributed by atoms with Crippen molar-refractivity contribution in [1.82, 2.24) is 0 Å². The largest absolute Gasteiger partial charge is 0.396 e. The van der Waals surface area contributed by atoms with E-state index in [4.69, 9.17) is 0 Å². The van der Waals surface area contributed by atoms with Crippen LogP contribution in [0.3, 0.4) is 0 Å². The Hall–Kier alpha value is -2.38. The van der Waals surface area contributed by atoms with Crippen molar-refractivity contribution >= 4 is 17.7 Å². The summed E-state index contributed by atoms with van der Waals surface area (Å²) in [6.07, 6.45) is 11.8. The summed E-state index contributed by atoms with van der Waals surface area (Å²) in [6.45, 7) is 2.37. The topological polar surface area (TPSA) is 20.2 Å². The Balaban J connectivity index is 2.03. The minimum Gasteiger partial charge on any atom is -0.396 e. The van der Waals surface area contributed by atoms with Crippen LogP contribution in [0.4, 0.5) is 0 Å². The lowest BCUT2D eigenvalue weighted by atomic mass is 9.92. The van der Waals surface area contributed by atoms with Crippen LogP contribution in [0.1, 0.15) is 37.3 Å². The molecule has 2 aromatic carbocycles. The number of allylic oxidation sites excluding steroid dienone is 4. The molecule has 0 saturated heterocycles. The lowest BCUT2D eigenvalue weighted by molar-refractivity contribution is 0.289. The van der Waals surface area contributed by atoms with Gasteiger partial charge in [-0.2, -0.15) is 0 Å². The third-order valence-electron chi connectivity index (χ3n) is 5.07. The molecule has 0 heterocycles. The summed E-state index contributed by atoms with van der Waals surface area (Å²) >= 11 is 0. The van der Waals surface area contributed by atoms with Crippen molar-refractivity contribution < 1.29 is 5.11 Å². The summed E-state index contributed by atoms with van der Waals surface area (Å²) in [4.78, 5) is 0. The molecule has 2 aromatic rings. The van der Waals surface area contributed by atoms with Gasteiger partial charge in [-0.3, -0.25) is 0 Å². The zero-order valence-corrected chi connectivity index (χ0v) is 14.0. The molecule has 0 aromatic heterocycles. The average molecular weight is 314 g/mol.